The number of para-hydroxylation sites is 1. The zero-order valence-electron chi connectivity index (χ0n) is 17.7. The van der Waals surface area contributed by atoms with Gasteiger partial charge in [0.05, 0.1) is 5.56 Å². The van der Waals surface area contributed by atoms with Gasteiger partial charge in [-0.3, -0.25) is 25.2 Å². The Labute approximate surface area is 189 Å². The predicted octanol–water partition coefficient (Wildman–Crippen LogP) is 2.73. The fourth-order valence-corrected chi connectivity index (χ4v) is 2.82. The van der Waals surface area contributed by atoms with Crippen LogP contribution in [0, 0.1) is 5.82 Å². The van der Waals surface area contributed by atoms with Gasteiger partial charge in [0, 0.05) is 5.56 Å². The molecule has 3 aromatic carbocycles. The summed E-state index contributed by atoms with van der Waals surface area (Å²) in [6.07, 6.45) is -0.930. The normalized spacial score (nSPS) is 11.2. The molecule has 0 aromatic heterocycles. The highest BCUT2D eigenvalue weighted by molar-refractivity contribution is 5.96. The molecule has 8 nitrogen and oxygen atoms in total. The van der Waals surface area contributed by atoms with Gasteiger partial charge in [0.15, 0.2) is 6.10 Å². The van der Waals surface area contributed by atoms with Crippen LogP contribution in [0.2, 0.25) is 0 Å². The van der Waals surface area contributed by atoms with Crippen LogP contribution >= 0.6 is 0 Å². The number of primary amides is 1. The second-order valence-corrected chi connectivity index (χ2v) is 7.01. The molecule has 1 atom stereocenters. The Morgan fingerprint density at radius 2 is 1.70 bits per heavy atom. The third-order valence-corrected chi connectivity index (χ3v) is 4.53. The average Bonchev–Trinajstić information content (AvgIpc) is 2.82. The van der Waals surface area contributed by atoms with Gasteiger partial charge in [-0.1, -0.05) is 24.3 Å². The minimum Gasteiger partial charge on any atom is -0.488 e. The Balaban J connectivity index is 1.54. The highest BCUT2D eigenvalue weighted by Gasteiger charge is 2.16. The first kappa shape index (κ1) is 23.3. The van der Waals surface area contributed by atoms with E-state index in [9.17, 15) is 18.8 Å². The third kappa shape index (κ3) is 6.54. The number of hydrogen-bond donors (Lipinski definition) is 3. The van der Waals surface area contributed by atoms with Gasteiger partial charge < -0.3 is 15.2 Å². The second-order valence-electron chi connectivity index (χ2n) is 7.01. The molecule has 3 rings (SSSR count). The number of rotatable bonds is 8. The zero-order chi connectivity index (χ0) is 23.8. The van der Waals surface area contributed by atoms with Crippen molar-refractivity contribution in [3.63, 3.8) is 0 Å². The SMILES string of the molecule is CC(Oc1ccc(F)cc1)C(=O)NNC(=O)c1cccc(COc2ccccc2C(N)=O)c1. The van der Waals surface area contributed by atoms with Crippen LogP contribution in [-0.2, 0) is 11.4 Å². The van der Waals surface area contributed by atoms with Gasteiger partial charge in [0.1, 0.15) is 23.9 Å². The van der Waals surface area contributed by atoms with Gasteiger partial charge in [-0.25, -0.2) is 4.39 Å². The largest absolute Gasteiger partial charge is 0.488 e. The van der Waals surface area contributed by atoms with Crippen LogP contribution in [0.4, 0.5) is 4.39 Å². The first-order valence-corrected chi connectivity index (χ1v) is 9.96. The van der Waals surface area contributed by atoms with Crippen molar-refractivity contribution in [1.29, 1.82) is 0 Å². The van der Waals surface area contributed by atoms with Gasteiger partial charge in [0.2, 0.25) is 0 Å². The summed E-state index contributed by atoms with van der Waals surface area (Å²) in [6.45, 7) is 1.59. The van der Waals surface area contributed by atoms with E-state index < -0.39 is 29.6 Å². The zero-order valence-corrected chi connectivity index (χ0v) is 17.7. The Hall–Kier alpha value is -4.40. The lowest BCUT2D eigenvalue weighted by Crippen LogP contribution is -2.47. The summed E-state index contributed by atoms with van der Waals surface area (Å²) in [5.74, 6) is -1.51. The van der Waals surface area contributed by atoms with Gasteiger partial charge in [-0.15, -0.1) is 0 Å². The van der Waals surface area contributed by atoms with Gasteiger partial charge in [0.25, 0.3) is 17.7 Å². The number of nitrogens with two attached hydrogens (primary N) is 1. The molecule has 0 aliphatic carbocycles. The predicted molar refractivity (Wildman–Crippen MR) is 118 cm³/mol. The van der Waals surface area contributed by atoms with Crippen LogP contribution < -0.4 is 26.1 Å². The second kappa shape index (κ2) is 10.8. The number of nitrogens with one attached hydrogen (secondary N) is 2. The molecule has 0 bridgehead atoms. The smallest absolute Gasteiger partial charge is 0.279 e. The van der Waals surface area contributed by atoms with E-state index in [4.69, 9.17) is 15.2 Å². The number of benzene rings is 3. The van der Waals surface area contributed by atoms with Gasteiger partial charge >= 0.3 is 0 Å². The number of carbonyl (C=O) groups excluding carboxylic acids is 3. The van der Waals surface area contributed by atoms with Crippen molar-refractivity contribution >= 4 is 17.7 Å². The molecule has 0 saturated heterocycles. The minimum atomic E-state index is -0.930. The standard InChI is InChI=1S/C24H22FN3O5/c1-15(33-19-11-9-18(25)10-12-19)23(30)27-28-24(31)17-6-4-5-16(13-17)14-32-21-8-3-2-7-20(21)22(26)29/h2-13,15H,14H2,1H3,(H2,26,29)(H,27,30)(H,28,31). The van der Waals surface area contributed by atoms with Crippen LogP contribution in [-0.4, -0.2) is 23.8 Å². The lowest BCUT2D eigenvalue weighted by atomic mass is 10.1. The van der Waals surface area contributed by atoms with Crippen molar-refractivity contribution < 1.29 is 28.2 Å². The van der Waals surface area contributed by atoms with Crippen LogP contribution in [0.5, 0.6) is 11.5 Å². The molecule has 0 saturated carbocycles. The van der Waals surface area contributed by atoms with Crippen molar-refractivity contribution in [2.45, 2.75) is 19.6 Å². The maximum atomic E-state index is 13.0. The Kier molecular flexibility index (Phi) is 7.59. The van der Waals surface area contributed by atoms with E-state index in [0.717, 1.165) is 0 Å². The molecular formula is C24H22FN3O5. The highest BCUT2D eigenvalue weighted by atomic mass is 19.1. The van der Waals surface area contributed by atoms with Crippen molar-refractivity contribution in [3.05, 3.63) is 95.3 Å². The number of ether oxygens (including phenoxy) is 2. The lowest BCUT2D eigenvalue weighted by molar-refractivity contribution is -0.128. The molecular weight excluding hydrogens is 429 g/mol. The van der Waals surface area contributed by atoms with E-state index in [1.807, 2.05) is 0 Å². The van der Waals surface area contributed by atoms with Gasteiger partial charge in [-0.2, -0.15) is 0 Å². The van der Waals surface area contributed by atoms with Crippen LogP contribution in [0.3, 0.4) is 0 Å². The fourth-order valence-electron chi connectivity index (χ4n) is 2.82. The number of carbonyl (C=O) groups is 3. The topological polar surface area (TPSA) is 120 Å². The highest BCUT2D eigenvalue weighted by Crippen LogP contribution is 2.19. The molecule has 170 valence electrons. The quantitative estimate of drug-likeness (QED) is 0.455. The molecule has 4 N–H and O–H groups in total. The summed E-state index contributed by atoms with van der Waals surface area (Å²) in [5, 5.41) is 0. The Bertz CT molecular complexity index is 1150. The Morgan fingerprint density at radius 3 is 2.42 bits per heavy atom. The van der Waals surface area contributed by atoms with Crippen LogP contribution in [0.15, 0.2) is 72.8 Å². The summed E-state index contributed by atoms with van der Waals surface area (Å²) < 4.78 is 24.0. The summed E-state index contributed by atoms with van der Waals surface area (Å²) >= 11 is 0. The number of hydrazine groups is 1. The molecule has 1 unspecified atom stereocenters. The van der Waals surface area contributed by atoms with E-state index in [-0.39, 0.29) is 17.7 Å². The Morgan fingerprint density at radius 1 is 0.970 bits per heavy atom. The molecule has 3 aromatic rings. The number of halogens is 1. The van der Waals surface area contributed by atoms with Gasteiger partial charge in [-0.05, 0) is 61.0 Å². The summed E-state index contributed by atoms with van der Waals surface area (Å²) in [6, 6.07) is 18.4. The minimum absolute atomic E-state index is 0.0975. The van der Waals surface area contributed by atoms with Crippen molar-refractivity contribution in [2.24, 2.45) is 5.73 Å². The molecule has 0 aliphatic heterocycles. The third-order valence-electron chi connectivity index (χ3n) is 4.53. The summed E-state index contributed by atoms with van der Waals surface area (Å²) in [7, 11) is 0. The monoisotopic (exact) mass is 451 g/mol. The summed E-state index contributed by atoms with van der Waals surface area (Å²) in [4.78, 5) is 36.1. The maximum absolute atomic E-state index is 13.0. The molecule has 0 spiro atoms. The maximum Gasteiger partial charge on any atom is 0.279 e. The van der Waals surface area contributed by atoms with Crippen molar-refractivity contribution in [3.8, 4) is 11.5 Å². The molecule has 0 radical (unpaired) electrons. The molecule has 9 heteroatoms. The first-order chi connectivity index (χ1) is 15.8. The van der Waals surface area contributed by atoms with Crippen molar-refractivity contribution in [2.75, 3.05) is 0 Å². The van der Waals surface area contributed by atoms with E-state index in [2.05, 4.69) is 10.9 Å². The van der Waals surface area contributed by atoms with E-state index in [1.54, 1.807) is 48.5 Å². The van der Waals surface area contributed by atoms with E-state index in [0.29, 0.717) is 17.1 Å². The summed E-state index contributed by atoms with van der Waals surface area (Å²) in [5.41, 5.74) is 11.2. The number of amides is 3. The lowest BCUT2D eigenvalue weighted by Gasteiger charge is -2.15. The van der Waals surface area contributed by atoms with Crippen LogP contribution in [0.25, 0.3) is 0 Å². The first-order valence-electron chi connectivity index (χ1n) is 9.96. The van der Waals surface area contributed by atoms with E-state index >= 15 is 0 Å². The fraction of sp³-hybridized carbons (Fsp3) is 0.125. The molecule has 0 aliphatic rings. The van der Waals surface area contributed by atoms with Crippen LogP contribution in [0.1, 0.15) is 33.2 Å². The van der Waals surface area contributed by atoms with Crippen molar-refractivity contribution in [1.82, 2.24) is 10.9 Å². The average molecular weight is 451 g/mol. The molecule has 33 heavy (non-hydrogen) atoms. The molecule has 0 fully saturated rings. The molecule has 3 amide bonds. The number of hydrogen-bond acceptors (Lipinski definition) is 5. The van der Waals surface area contributed by atoms with E-state index in [1.165, 1.54) is 31.2 Å². The molecule has 0 heterocycles.